The van der Waals surface area contributed by atoms with Crippen LogP contribution >= 0.6 is 0 Å². The topological polar surface area (TPSA) is 103 Å². The molecule has 8 nitrogen and oxygen atoms in total. The number of piperidine rings is 2. The van der Waals surface area contributed by atoms with Gasteiger partial charge in [-0.25, -0.2) is 18.6 Å². The molecule has 3 heterocycles. The first-order chi connectivity index (χ1) is 15.7. The van der Waals surface area contributed by atoms with Gasteiger partial charge in [-0.05, 0) is 32.8 Å². The van der Waals surface area contributed by atoms with Crippen LogP contribution in [0.2, 0.25) is 0 Å². The summed E-state index contributed by atoms with van der Waals surface area (Å²) in [5.74, 6) is -0.835. The molecule has 0 atom stereocenters. The Morgan fingerprint density at radius 2 is 1.85 bits per heavy atom. The molecule has 0 radical (unpaired) electrons. The van der Waals surface area contributed by atoms with Crippen LogP contribution in [-0.2, 0) is 4.74 Å². The van der Waals surface area contributed by atoms with E-state index in [1.807, 2.05) is 13.8 Å². The minimum absolute atomic E-state index is 0.0634. The molecule has 1 aromatic carbocycles. The molecule has 4 rings (SSSR count). The van der Waals surface area contributed by atoms with Crippen molar-refractivity contribution >= 4 is 17.5 Å². The Morgan fingerprint density at radius 1 is 1.18 bits per heavy atom. The SMILES string of the molecule is CC(C)OC(=O)N1CCC(O)CC1.N=C1CCN(c2cc(F)c(-c3cnco3)cc2F)CC1. The lowest BCUT2D eigenvalue weighted by atomic mass is 10.1. The number of carbonyl (C=O) groups excluding carboxylic acids is 1. The van der Waals surface area contributed by atoms with Gasteiger partial charge in [0.25, 0.3) is 0 Å². The minimum Gasteiger partial charge on any atom is -0.447 e. The molecular weight excluding hydrogens is 434 g/mol. The quantitative estimate of drug-likeness (QED) is 0.705. The van der Waals surface area contributed by atoms with Crippen molar-refractivity contribution in [1.29, 1.82) is 5.41 Å². The summed E-state index contributed by atoms with van der Waals surface area (Å²) in [6, 6.07) is 2.31. The van der Waals surface area contributed by atoms with E-state index >= 15 is 0 Å². The molecule has 0 aliphatic carbocycles. The van der Waals surface area contributed by atoms with Crippen molar-refractivity contribution in [2.45, 2.75) is 51.7 Å². The number of aromatic nitrogens is 1. The molecule has 2 fully saturated rings. The molecule has 0 bridgehead atoms. The highest BCUT2D eigenvalue weighted by molar-refractivity contribution is 5.83. The molecule has 1 amide bonds. The average Bonchev–Trinajstić information content (AvgIpc) is 3.31. The van der Waals surface area contributed by atoms with Crippen LogP contribution in [0.4, 0.5) is 19.3 Å². The van der Waals surface area contributed by atoms with Gasteiger partial charge < -0.3 is 29.5 Å². The van der Waals surface area contributed by atoms with Crippen molar-refractivity contribution in [1.82, 2.24) is 9.88 Å². The lowest BCUT2D eigenvalue weighted by molar-refractivity contribution is 0.0457. The molecule has 1 aromatic heterocycles. The number of amides is 1. The number of rotatable bonds is 3. The normalized spacial score (nSPS) is 17.1. The zero-order valence-corrected chi connectivity index (χ0v) is 18.9. The number of nitrogens with zero attached hydrogens (tertiary/aromatic N) is 3. The van der Waals surface area contributed by atoms with Crippen molar-refractivity contribution in [2.75, 3.05) is 31.1 Å². The first kappa shape index (κ1) is 24.6. The second-order valence-corrected chi connectivity index (χ2v) is 8.39. The third kappa shape index (κ3) is 6.74. The van der Waals surface area contributed by atoms with Crippen molar-refractivity contribution in [3.8, 4) is 11.3 Å². The van der Waals surface area contributed by atoms with Crippen molar-refractivity contribution in [3.05, 3.63) is 36.4 Å². The van der Waals surface area contributed by atoms with Gasteiger partial charge in [0, 0.05) is 50.8 Å². The fourth-order valence-corrected chi connectivity index (χ4v) is 3.66. The number of aliphatic hydroxyl groups is 1. The van der Waals surface area contributed by atoms with Gasteiger partial charge in [0.1, 0.15) is 11.6 Å². The number of oxazole rings is 1. The molecule has 0 unspecified atom stereocenters. The van der Waals surface area contributed by atoms with Crippen LogP contribution in [0.15, 0.2) is 29.1 Å². The number of likely N-dealkylation sites (tertiary alicyclic amines) is 1. The third-order valence-electron chi connectivity index (χ3n) is 5.50. The second-order valence-electron chi connectivity index (χ2n) is 8.39. The number of anilines is 1. The molecule has 0 saturated carbocycles. The van der Waals surface area contributed by atoms with Gasteiger partial charge in [0.15, 0.2) is 12.2 Å². The van der Waals surface area contributed by atoms with Gasteiger partial charge in [0.2, 0.25) is 0 Å². The fourth-order valence-electron chi connectivity index (χ4n) is 3.66. The molecule has 2 saturated heterocycles. The summed E-state index contributed by atoms with van der Waals surface area (Å²) < 4.78 is 38.3. The van der Waals surface area contributed by atoms with Gasteiger partial charge in [0.05, 0.1) is 29.7 Å². The summed E-state index contributed by atoms with van der Waals surface area (Å²) in [5.41, 5.74) is 0.951. The number of nitrogens with one attached hydrogen (secondary N) is 1. The van der Waals surface area contributed by atoms with Crippen molar-refractivity contribution in [3.63, 3.8) is 0 Å². The predicted octanol–water partition coefficient (Wildman–Crippen LogP) is 4.23. The van der Waals surface area contributed by atoms with Gasteiger partial charge >= 0.3 is 6.09 Å². The number of hydrogen-bond donors (Lipinski definition) is 2. The van der Waals surface area contributed by atoms with Crippen LogP contribution in [0.1, 0.15) is 39.5 Å². The number of hydrogen-bond acceptors (Lipinski definition) is 7. The molecule has 2 N–H and O–H groups in total. The summed E-state index contributed by atoms with van der Waals surface area (Å²) in [6.45, 7) is 5.94. The van der Waals surface area contributed by atoms with Crippen LogP contribution in [0.25, 0.3) is 11.3 Å². The standard InChI is InChI=1S/C14H13F2N3O.C9H17NO3/c15-11-6-13(19-3-1-9(17)2-4-19)12(16)5-10(11)14-7-18-8-20-14;1-7(2)13-9(12)10-5-3-8(11)4-6-10/h5-8,17H,1-4H2;7-8,11H,3-6H2,1-2H3. The van der Waals surface area contributed by atoms with E-state index in [4.69, 9.17) is 14.6 Å². The molecule has 10 heteroatoms. The molecular formula is C23H30F2N4O4. The largest absolute Gasteiger partial charge is 0.447 e. The summed E-state index contributed by atoms with van der Waals surface area (Å²) in [6.07, 6.45) is 4.44. The fraction of sp³-hybridized carbons (Fsp3) is 0.522. The van der Waals surface area contributed by atoms with Gasteiger partial charge in [-0.3, -0.25) is 0 Å². The number of halogens is 2. The second kappa shape index (κ2) is 11.2. The molecule has 2 aliphatic rings. The molecule has 33 heavy (non-hydrogen) atoms. The predicted molar refractivity (Wildman–Crippen MR) is 119 cm³/mol. The third-order valence-corrected chi connectivity index (χ3v) is 5.50. The summed E-state index contributed by atoms with van der Waals surface area (Å²) in [5, 5.41) is 16.8. The zero-order valence-electron chi connectivity index (χ0n) is 18.9. The van der Waals surface area contributed by atoms with E-state index in [0.717, 1.165) is 6.07 Å². The Kier molecular flexibility index (Phi) is 8.37. The molecule has 2 aromatic rings. The molecule has 2 aliphatic heterocycles. The van der Waals surface area contributed by atoms with Crippen molar-refractivity contribution < 1.29 is 27.8 Å². The van der Waals surface area contributed by atoms with Crippen LogP contribution in [-0.4, -0.2) is 65.2 Å². The van der Waals surface area contributed by atoms with Crippen LogP contribution < -0.4 is 4.90 Å². The average molecular weight is 465 g/mol. The number of aliphatic hydroxyl groups excluding tert-OH is 1. The van der Waals surface area contributed by atoms with E-state index < -0.39 is 11.6 Å². The Hall–Kier alpha value is -3.01. The number of ether oxygens (including phenoxy) is 1. The van der Waals surface area contributed by atoms with Gasteiger partial charge in [-0.15, -0.1) is 0 Å². The monoisotopic (exact) mass is 464 g/mol. The van der Waals surface area contributed by atoms with Crippen LogP contribution in [0, 0.1) is 17.0 Å². The Labute approximate surface area is 191 Å². The maximum atomic E-state index is 14.2. The lowest BCUT2D eigenvalue weighted by Crippen LogP contribution is -2.41. The van der Waals surface area contributed by atoms with E-state index in [1.54, 1.807) is 9.80 Å². The minimum atomic E-state index is -0.543. The maximum Gasteiger partial charge on any atom is 0.410 e. The molecule has 0 spiro atoms. The smallest absolute Gasteiger partial charge is 0.410 e. The summed E-state index contributed by atoms with van der Waals surface area (Å²) >= 11 is 0. The highest BCUT2D eigenvalue weighted by Crippen LogP contribution is 2.30. The van der Waals surface area contributed by atoms with E-state index in [0.29, 0.717) is 57.6 Å². The highest BCUT2D eigenvalue weighted by atomic mass is 19.1. The number of carbonyl (C=O) groups is 1. The van der Waals surface area contributed by atoms with Gasteiger partial charge in [-0.2, -0.15) is 0 Å². The van der Waals surface area contributed by atoms with Crippen molar-refractivity contribution in [2.24, 2.45) is 0 Å². The van der Waals surface area contributed by atoms with E-state index in [1.165, 1.54) is 18.7 Å². The van der Waals surface area contributed by atoms with Gasteiger partial charge in [-0.1, -0.05) is 0 Å². The summed E-state index contributed by atoms with van der Waals surface area (Å²) in [7, 11) is 0. The summed E-state index contributed by atoms with van der Waals surface area (Å²) in [4.78, 5) is 18.4. The Bertz CT molecular complexity index is 934. The van der Waals surface area contributed by atoms with Crippen LogP contribution in [0.3, 0.4) is 0 Å². The highest BCUT2D eigenvalue weighted by Gasteiger charge is 2.23. The van der Waals surface area contributed by atoms with E-state index in [-0.39, 0.29) is 35.3 Å². The van der Waals surface area contributed by atoms with Crippen LogP contribution in [0.5, 0.6) is 0 Å². The maximum absolute atomic E-state index is 14.2. The van der Waals surface area contributed by atoms with E-state index in [9.17, 15) is 18.7 Å². The zero-order chi connectivity index (χ0) is 24.0. The number of benzene rings is 1. The Balaban J connectivity index is 0.000000205. The molecule has 180 valence electrons. The Morgan fingerprint density at radius 3 is 2.42 bits per heavy atom. The van der Waals surface area contributed by atoms with E-state index in [2.05, 4.69) is 4.98 Å². The lowest BCUT2D eigenvalue weighted by Gasteiger charge is -2.29. The first-order valence-electron chi connectivity index (χ1n) is 11.1. The first-order valence-corrected chi connectivity index (χ1v) is 11.1.